The molecule has 116 valence electrons. The average Bonchev–Trinajstić information content (AvgIpc) is 2.88. The summed E-state index contributed by atoms with van der Waals surface area (Å²) < 4.78 is 2.56. The molecule has 0 radical (unpaired) electrons. The maximum absolute atomic E-state index is 10.7. The van der Waals surface area contributed by atoms with E-state index in [4.69, 9.17) is 0 Å². The second-order valence-corrected chi connectivity index (χ2v) is 7.48. The van der Waals surface area contributed by atoms with Gasteiger partial charge in [-0.05, 0) is 50.8 Å². The van der Waals surface area contributed by atoms with Crippen molar-refractivity contribution in [3.63, 3.8) is 0 Å². The fraction of sp³-hybridized carbons (Fsp3) is 0.579. The van der Waals surface area contributed by atoms with Gasteiger partial charge in [0.15, 0.2) is 0 Å². The molecule has 4 heterocycles. The molecule has 3 nitrogen and oxygen atoms in total. The lowest BCUT2D eigenvalue weighted by molar-refractivity contribution is -0.0949. The predicted octanol–water partition coefficient (Wildman–Crippen LogP) is 3.11. The van der Waals surface area contributed by atoms with Gasteiger partial charge in [0.25, 0.3) is 0 Å². The van der Waals surface area contributed by atoms with Gasteiger partial charge in [0.1, 0.15) is 0 Å². The van der Waals surface area contributed by atoms with Gasteiger partial charge in [-0.15, -0.1) is 0 Å². The normalized spacial score (nSPS) is 32.0. The van der Waals surface area contributed by atoms with Crippen LogP contribution in [0.1, 0.15) is 43.5 Å². The molecular formula is C19H24N2O. The summed E-state index contributed by atoms with van der Waals surface area (Å²) >= 11 is 0. The molecule has 1 fully saturated rings. The number of para-hydroxylation sites is 1. The molecule has 22 heavy (non-hydrogen) atoms. The SMILES string of the molecule is C[C@@H](O)[C@@]12CCCN3CCc4c(n(c5ccccc45)CC1)[C@H]32. The van der Waals surface area contributed by atoms with Gasteiger partial charge in [0.2, 0.25) is 0 Å². The second kappa shape index (κ2) is 4.36. The molecule has 2 aromatic rings. The van der Waals surface area contributed by atoms with E-state index in [1.54, 1.807) is 5.56 Å². The first-order valence-electron chi connectivity index (χ1n) is 8.74. The molecule has 0 amide bonds. The molecule has 1 N–H and O–H groups in total. The highest BCUT2D eigenvalue weighted by atomic mass is 16.3. The van der Waals surface area contributed by atoms with E-state index in [1.807, 2.05) is 6.92 Å². The van der Waals surface area contributed by atoms with Crippen molar-refractivity contribution < 1.29 is 5.11 Å². The molecule has 5 rings (SSSR count). The number of piperidine rings is 1. The van der Waals surface area contributed by atoms with Gasteiger partial charge in [-0.25, -0.2) is 0 Å². The van der Waals surface area contributed by atoms with Gasteiger partial charge in [-0.3, -0.25) is 4.90 Å². The Hall–Kier alpha value is -1.32. The maximum Gasteiger partial charge on any atom is 0.0587 e. The third kappa shape index (κ3) is 1.44. The van der Waals surface area contributed by atoms with Crippen molar-refractivity contribution in [3.8, 4) is 0 Å². The minimum atomic E-state index is -0.224. The summed E-state index contributed by atoms with van der Waals surface area (Å²) in [6.45, 7) is 5.43. The van der Waals surface area contributed by atoms with Crippen molar-refractivity contribution in [2.45, 2.75) is 51.3 Å². The van der Waals surface area contributed by atoms with E-state index in [-0.39, 0.29) is 11.5 Å². The van der Waals surface area contributed by atoms with Crippen molar-refractivity contribution in [2.24, 2.45) is 5.41 Å². The summed E-state index contributed by atoms with van der Waals surface area (Å²) in [5.41, 5.74) is 4.56. The van der Waals surface area contributed by atoms with Gasteiger partial charge in [0, 0.05) is 35.1 Å². The van der Waals surface area contributed by atoms with E-state index in [0.29, 0.717) is 6.04 Å². The summed E-state index contributed by atoms with van der Waals surface area (Å²) in [7, 11) is 0. The summed E-state index contributed by atoms with van der Waals surface area (Å²) in [4.78, 5) is 2.66. The van der Waals surface area contributed by atoms with Crippen LogP contribution in [0.3, 0.4) is 0 Å². The van der Waals surface area contributed by atoms with Crippen LogP contribution in [0, 0.1) is 5.41 Å². The van der Waals surface area contributed by atoms with E-state index in [1.165, 1.54) is 36.0 Å². The lowest BCUT2D eigenvalue weighted by Gasteiger charge is -2.56. The highest BCUT2D eigenvalue weighted by Gasteiger charge is 2.53. The quantitative estimate of drug-likeness (QED) is 0.876. The molecule has 1 aromatic heterocycles. The van der Waals surface area contributed by atoms with E-state index >= 15 is 0 Å². The molecule has 1 saturated heterocycles. The van der Waals surface area contributed by atoms with Crippen molar-refractivity contribution >= 4 is 10.9 Å². The van der Waals surface area contributed by atoms with Gasteiger partial charge in [-0.1, -0.05) is 18.2 Å². The smallest absolute Gasteiger partial charge is 0.0587 e. The van der Waals surface area contributed by atoms with Crippen LogP contribution in [0.4, 0.5) is 0 Å². The molecule has 3 heteroatoms. The fourth-order valence-corrected chi connectivity index (χ4v) is 5.62. The van der Waals surface area contributed by atoms with Crippen molar-refractivity contribution in [1.29, 1.82) is 0 Å². The molecule has 0 aliphatic carbocycles. The van der Waals surface area contributed by atoms with Crippen LogP contribution in [-0.4, -0.2) is 33.8 Å². The first-order valence-corrected chi connectivity index (χ1v) is 8.74. The number of aliphatic hydroxyl groups excluding tert-OH is 1. The highest BCUT2D eigenvalue weighted by Crippen LogP contribution is 2.56. The molecule has 0 spiro atoms. The van der Waals surface area contributed by atoms with Gasteiger partial charge < -0.3 is 9.67 Å². The van der Waals surface area contributed by atoms with Crippen molar-refractivity contribution in [3.05, 3.63) is 35.5 Å². The number of benzene rings is 1. The molecule has 3 aliphatic heterocycles. The first kappa shape index (κ1) is 13.1. The number of fused-ring (bicyclic) bond motifs is 3. The number of aryl methyl sites for hydroxylation is 1. The Morgan fingerprint density at radius 2 is 2.05 bits per heavy atom. The first-order chi connectivity index (χ1) is 10.7. The number of aliphatic hydroxyl groups is 1. The largest absolute Gasteiger partial charge is 0.393 e. The van der Waals surface area contributed by atoms with Gasteiger partial charge in [0.05, 0.1) is 12.1 Å². The molecular weight excluding hydrogens is 272 g/mol. The van der Waals surface area contributed by atoms with Crippen molar-refractivity contribution in [2.75, 3.05) is 13.1 Å². The van der Waals surface area contributed by atoms with E-state index in [0.717, 1.165) is 25.9 Å². The minimum Gasteiger partial charge on any atom is -0.393 e. The second-order valence-electron chi connectivity index (χ2n) is 7.48. The zero-order chi connectivity index (χ0) is 14.9. The number of rotatable bonds is 1. The third-order valence-electron chi connectivity index (χ3n) is 6.66. The number of nitrogens with zero attached hydrogens (tertiary/aromatic N) is 2. The number of hydrogen-bond donors (Lipinski definition) is 1. The Kier molecular flexibility index (Phi) is 2.61. The molecule has 0 unspecified atom stereocenters. The monoisotopic (exact) mass is 296 g/mol. The molecule has 0 bridgehead atoms. The van der Waals surface area contributed by atoms with Crippen LogP contribution < -0.4 is 0 Å². The third-order valence-corrected chi connectivity index (χ3v) is 6.66. The lowest BCUT2D eigenvalue weighted by atomic mass is 9.63. The van der Waals surface area contributed by atoms with Crippen LogP contribution in [0.5, 0.6) is 0 Å². The Bertz CT molecular complexity index is 714. The maximum atomic E-state index is 10.7. The number of hydrogen-bond acceptors (Lipinski definition) is 2. The van der Waals surface area contributed by atoms with E-state index < -0.39 is 0 Å². The highest BCUT2D eigenvalue weighted by molar-refractivity contribution is 5.86. The van der Waals surface area contributed by atoms with E-state index in [9.17, 15) is 5.11 Å². The topological polar surface area (TPSA) is 28.4 Å². The Balaban J connectivity index is 1.82. The van der Waals surface area contributed by atoms with Crippen LogP contribution in [0.15, 0.2) is 24.3 Å². The Morgan fingerprint density at radius 3 is 2.91 bits per heavy atom. The molecule has 3 aliphatic rings. The summed E-state index contributed by atoms with van der Waals surface area (Å²) in [6, 6.07) is 9.31. The zero-order valence-electron chi connectivity index (χ0n) is 13.3. The standard InChI is InChI=1S/C19H24N2O/c1-13(22)19-8-4-10-20-11-7-15-14-5-2-3-6-16(14)21(12-9-19)17(15)18(19)20/h2-3,5-6,13,18,22H,4,7-12H2,1H3/t13-,18+,19-/m1/s1. The molecule has 0 saturated carbocycles. The lowest BCUT2D eigenvalue weighted by Crippen LogP contribution is -2.56. The minimum absolute atomic E-state index is 0.0673. The predicted molar refractivity (Wildman–Crippen MR) is 87.9 cm³/mol. The Labute approximate surface area is 131 Å². The molecule has 1 aromatic carbocycles. The van der Waals surface area contributed by atoms with E-state index in [2.05, 4.69) is 33.7 Å². The zero-order valence-corrected chi connectivity index (χ0v) is 13.3. The van der Waals surface area contributed by atoms with Gasteiger partial charge >= 0.3 is 0 Å². The van der Waals surface area contributed by atoms with Crippen molar-refractivity contribution in [1.82, 2.24) is 9.47 Å². The molecule has 3 atom stereocenters. The fourth-order valence-electron chi connectivity index (χ4n) is 5.62. The summed E-state index contributed by atoms with van der Waals surface area (Å²) in [5.74, 6) is 0. The summed E-state index contributed by atoms with van der Waals surface area (Å²) in [6.07, 6.45) is 4.45. The number of aromatic nitrogens is 1. The Morgan fingerprint density at radius 1 is 1.18 bits per heavy atom. The average molecular weight is 296 g/mol. The summed E-state index contributed by atoms with van der Waals surface area (Å²) in [5, 5.41) is 12.1. The van der Waals surface area contributed by atoms with Crippen LogP contribution in [-0.2, 0) is 13.0 Å². The van der Waals surface area contributed by atoms with Crippen LogP contribution in [0.2, 0.25) is 0 Å². The van der Waals surface area contributed by atoms with Gasteiger partial charge in [-0.2, -0.15) is 0 Å². The van der Waals surface area contributed by atoms with Crippen LogP contribution >= 0.6 is 0 Å². The van der Waals surface area contributed by atoms with Crippen LogP contribution in [0.25, 0.3) is 10.9 Å².